The van der Waals surface area contributed by atoms with Gasteiger partial charge in [-0.25, -0.2) is 0 Å². The third-order valence-electron chi connectivity index (χ3n) is 16.7. The lowest BCUT2D eigenvalue weighted by Gasteiger charge is -2.69. The zero-order valence-corrected chi connectivity index (χ0v) is 28.4. The summed E-state index contributed by atoms with van der Waals surface area (Å²) >= 11 is 3.06. The summed E-state index contributed by atoms with van der Waals surface area (Å²) in [6, 6.07) is 0. The molecule has 21 atom stereocenters. The Labute approximate surface area is 255 Å². The molecule has 0 amide bonds. The van der Waals surface area contributed by atoms with E-state index < -0.39 is 0 Å². The highest BCUT2D eigenvalue weighted by molar-refractivity contribution is 14.1. The maximum absolute atomic E-state index is 3.11. The zero-order valence-electron chi connectivity index (χ0n) is 26.2. The van der Waals surface area contributed by atoms with Crippen LogP contribution in [0.4, 0.5) is 0 Å². The van der Waals surface area contributed by atoms with Gasteiger partial charge in [0.1, 0.15) is 0 Å². The van der Waals surface area contributed by atoms with Crippen molar-refractivity contribution in [2.24, 2.45) is 118 Å². The third kappa shape index (κ3) is 3.25. The van der Waals surface area contributed by atoms with E-state index in [-0.39, 0.29) is 0 Å². The molecule has 0 bridgehead atoms. The van der Waals surface area contributed by atoms with E-state index in [4.69, 9.17) is 0 Å². The zero-order chi connectivity index (χ0) is 27.1. The van der Waals surface area contributed by atoms with E-state index in [1.165, 1.54) is 32.1 Å². The van der Waals surface area contributed by atoms with E-state index >= 15 is 0 Å². The minimum atomic E-state index is 0.932. The number of hydrogen-bond acceptors (Lipinski definition) is 0. The molecule has 0 radical (unpaired) electrons. The highest BCUT2D eigenvalue weighted by Gasteiger charge is 2.73. The molecule has 0 N–H and O–H groups in total. The number of alkyl halides is 1. The van der Waals surface area contributed by atoms with Crippen LogP contribution in [0.2, 0.25) is 0 Å². The predicted molar refractivity (Wildman–Crippen MR) is 172 cm³/mol. The van der Waals surface area contributed by atoms with Crippen LogP contribution in [0, 0.1) is 118 Å². The molecule has 0 aromatic heterocycles. The largest absolute Gasteiger partial charge is 0.0819 e. The Morgan fingerprint density at radius 3 is 2.03 bits per heavy atom. The minimum absolute atomic E-state index is 0.932. The van der Waals surface area contributed by atoms with Gasteiger partial charge in [-0.3, -0.25) is 0 Å². The molecule has 7 saturated carbocycles. The molecule has 0 aromatic carbocycles. The van der Waals surface area contributed by atoms with E-state index in [1.807, 2.05) is 0 Å². The van der Waals surface area contributed by atoms with Crippen molar-refractivity contribution in [2.75, 3.05) is 0 Å². The standard InChI is InChI=1S/C38H59I/c1-8-12-23-26-16-27-28-17(5)13-25-20(9-2)14-21(10-3)30(33(25)28)29-19(7)18(6)24-15-22(11-4)31-32(24)37(35(27)29)34(26)36(23)38(31)39/h16-25,27-38H,8-15H2,1-7H3/t17?,18-,19?,20?,21?,22?,23?,24?,25?,27?,28?,29?,30?,31?,32?,33?,34?,35?,36?,37?,38?/m0/s1. The van der Waals surface area contributed by atoms with Gasteiger partial charge in [0.25, 0.3) is 0 Å². The first-order chi connectivity index (χ1) is 18.9. The maximum atomic E-state index is 3.11. The van der Waals surface area contributed by atoms with Crippen LogP contribution < -0.4 is 0 Å². The lowest BCUT2D eigenvalue weighted by Crippen LogP contribution is -2.65. The fourth-order valence-electron chi connectivity index (χ4n) is 15.7. The fourth-order valence-corrected chi connectivity index (χ4v) is 17.7. The Morgan fingerprint density at radius 2 is 1.33 bits per heavy atom. The topological polar surface area (TPSA) is 0 Å². The highest BCUT2D eigenvalue weighted by atomic mass is 127. The van der Waals surface area contributed by atoms with Gasteiger partial charge in [0.05, 0.1) is 0 Å². The molecule has 0 spiro atoms. The summed E-state index contributed by atoms with van der Waals surface area (Å²) in [5.41, 5.74) is 2.05. The molecule has 39 heavy (non-hydrogen) atoms. The van der Waals surface area contributed by atoms with E-state index in [2.05, 4.69) is 82.7 Å². The lowest BCUT2D eigenvalue weighted by molar-refractivity contribution is -0.156. The molecule has 0 aliphatic heterocycles. The van der Waals surface area contributed by atoms with Crippen molar-refractivity contribution in [3.05, 3.63) is 11.6 Å². The number of hydrogen-bond donors (Lipinski definition) is 0. The van der Waals surface area contributed by atoms with Gasteiger partial charge in [-0.2, -0.15) is 0 Å². The Morgan fingerprint density at radius 1 is 0.641 bits per heavy atom. The second-order valence-electron chi connectivity index (χ2n) is 17.0. The normalized spacial score (nSPS) is 63.5. The summed E-state index contributed by atoms with van der Waals surface area (Å²) in [6.45, 7) is 18.5. The predicted octanol–water partition coefficient (Wildman–Crippen LogP) is 10.4. The van der Waals surface area contributed by atoms with E-state index in [0.717, 1.165) is 122 Å². The van der Waals surface area contributed by atoms with Crippen LogP contribution in [0.25, 0.3) is 0 Å². The summed E-state index contributed by atoms with van der Waals surface area (Å²) < 4.78 is 0.947. The second-order valence-corrected chi connectivity index (χ2v) is 18.5. The number of fused-ring (bicyclic) bond motifs is 2. The van der Waals surface area contributed by atoms with Gasteiger partial charge in [-0.15, -0.1) is 0 Å². The molecule has 0 saturated heterocycles. The van der Waals surface area contributed by atoms with E-state index in [1.54, 1.807) is 19.3 Å². The van der Waals surface area contributed by atoms with Crippen LogP contribution >= 0.6 is 22.6 Å². The van der Waals surface area contributed by atoms with Crippen molar-refractivity contribution in [3.63, 3.8) is 0 Å². The van der Waals surface area contributed by atoms with Crippen molar-refractivity contribution in [2.45, 2.75) is 104 Å². The molecule has 20 unspecified atom stereocenters. The third-order valence-corrected chi connectivity index (χ3v) is 18.3. The number of rotatable bonds is 5. The molecule has 8 aliphatic rings. The Kier molecular flexibility index (Phi) is 6.58. The summed E-state index contributed by atoms with van der Waals surface area (Å²) in [5, 5.41) is 0. The van der Waals surface area contributed by atoms with Crippen molar-refractivity contribution in [1.82, 2.24) is 0 Å². The average Bonchev–Trinajstić information content (AvgIpc) is 3.47. The number of halogens is 1. The van der Waals surface area contributed by atoms with Crippen LogP contribution in [0.3, 0.4) is 0 Å². The van der Waals surface area contributed by atoms with Gasteiger partial charge >= 0.3 is 0 Å². The summed E-state index contributed by atoms with van der Waals surface area (Å²) in [7, 11) is 0. The summed E-state index contributed by atoms with van der Waals surface area (Å²) in [6.07, 6.45) is 15.1. The first kappa shape index (κ1) is 27.0. The van der Waals surface area contributed by atoms with Gasteiger partial charge in [-0.1, -0.05) is 108 Å². The lowest BCUT2D eigenvalue weighted by atomic mass is 9.36. The molecule has 0 heterocycles. The van der Waals surface area contributed by atoms with Gasteiger partial charge in [-0.05, 0) is 144 Å². The fraction of sp³-hybridized carbons (Fsp3) is 0.947. The van der Waals surface area contributed by atoms with Crippen molar-refractivity contribution in [3.8, 4) is 0 Å². The summed E-state index contributed by atoms with van der Waals surface area (Å²) in [4.78, 5) is 0. The molecular formula is C38H59I. The van der Waals surface area contributed by atoms with Crippen molar-refractivity contribution >= 4 is 22.6 Å². The SMILES string of the molecule is CCCC1C2=CC3C4C(C)CC5C(CC)CC(CC)C(C54)C4C3C3C2C1C(I)C1C(CC)CC(C13)[C@@H](C)C4C. The van der Waals surface area contributed by atoms with Crippen LogP contribution in [0.15, 0.2) is 11.6 Å². The van der Waals surface area contributed by atoms with E-state index in [9.17, 15) is 0 Å². The van der Waals surface area contributed by atoms with Gasteiger partial charge in [0.15, 0.2) is 0 Å². The molecule has 8 aliphatic carbocycles. The quantitative estimate of drug-likeness (QED) is 0.159. The Bertz CT molecular complexity index is 997. The van der Waals surface area contributed by atoms with Crippen molar-refractivity contribution < 1.29 is 0 Å². The molecule has 0 nitrogen and oxygen atoms in total. The maximum Gasteiger partial charge on any atom is 0.0183 e. The Hall–Kier alpha value is 0.470. The van der Waals surface area contributed by atoms with Crippen LogP contribution in [-0.2, 0) is 0 Å². The monoisotopic (exact) mass is 642 g/mol. The summed E-state index contributed by atoms with van der Waals surface area (Å²) in [5.74, 6) is 20.1. The second kappa shape index (κ2) is 9.48. The first-order valence-corrected chi connectivity index (χ1v) is 19.5. The molecule has 8 rings (SSSR count). The Balaban J connectivity index is 1.34. The van der Waals surface area contributed by atoms with Crippen LogP contribution in [0.1, 0.15) is 99.8 Å². The molecule has 218 valence electrons. The van der Waals surface area contributed by atoms with Crippen LogP contribution in [0.5, 0.6) is 0 Å². The smallest absolute Gasteiger partial charge is 0.0183 e. The molecule has 1 heteroatoms. The van der Waals surface area contributed by atoms with Crippen LogP contribution in [-0.4, -0.2) is 3.92 Å². The van der Waals surface area contributed by atoms with Crippen molar-refractivity contribution in [1.29, 1.82) is 0 Å². The van der Waals surface area contributed by atoms with E-state index in [0.29, 0.717) is 0 Å². The van der Waals surface area contributed by atoms with Gasteiger partial charge in [0.2, 0.25) is 0 Å². The molecule has 7 fully saturated rings. The minimum Gasteiger partial charge on any atom is -0.0819 e. The molecule has 0 aromatic rings. The number of allylic oxidation sites excluding steroid dienone is 2. The highest BCUT2D eigenvalue weighted by Crippen LogP contribution is 2.78. The van der Waals surface area contributed by atoms with Gasteiger partial charge < -0.3 is 0 Å². The first-order valence-electron chi connectivity index (χ1n) is 18.2. The average molecular weight is 643 g/mol. The van der Waals surface area contributed by atoms with Gasteiger partial charge in [0, 0.05) is 3.92 Å². The molecular weight excluding hydrogens is 583 g/mol.